The fourth-order valence-electron chi connectivity index (χ4n) is 2.55. The third-order valence-electron chi connectivity index (χ3n) is 3.81. The second-order valence-corrected chi connectivity index (χ2v) is 6.54. The summed E-state index contributed by atoms with van der Waals surface area (Å²) in [5.41, 5.74) is 2.82. The monoisotopic (exact) mass is 313 g/mol. The quantitative estimate of drug-likeness (QED) is 0.812. The van der Waals surface area contributed by atoms with Crippen LogP contribution in [-0.2, 0) is 4.74 Å². The van der Waals surface area contributed by atoms with Crippen LogP contribution >= 0.6 is 11.8 Å². The Labute approximate surface area is 135 Å². The molecule has 5 heteroatoms. The Morgan fingerprint density at radius 2 is 2.14 bits per heavy atom. The summed E-state index contributed by atoms with van der Waals surface area (Å²) in [7, 11) is 0. The molecule has 0 spiro atoms. The topological polar surface area (TPSA) is 49.2 Å². The number of benzene rings is 1. The van der Waals surface area contributed by atoms with Crippen LogP contribution in [0.5, 0.6) is 0 Å². The summed E-state index contributed by atoms with van der Waals surface area (Å²) in [6.45, 7) is 6.70. The highest BCUT2D eigenvalue weighted by Crippen LogP contribution is 2.25. The molecule has 0 unspecified atom stereocenters. The number of nitriles is 1. The van der Waals surface area contributed by atoms with E-state index in [1.807, 2.05) is 12.1 Å². The van der Waals surface area contributed by atoms with Crippen LogP contribution in [-0.4, -0.2) is 48.5 Å². The Bertz CT molecular complexity index is 705. The zero-order valence-corrected chi connectivity index (χ0v) is 13.5. The molecule has 0 radical (unpaired) electrons. The van der Waals surface area contributed by atoms with Crippen molar-refractivity contribution < 1.29 is 4.74 Å². The molecule has 1 aromatic heterocycles. The van der Waals surface area contributed by atoms with Gasteiger partial charge in [0.05, 0.1) is 24.3 Å². The molecule has 3 rings (SSSR count). The van der Waals surface area contributed by atoms with Crippen molar-refractivity contribution in [2.75, 3.05) is 38.6 Å². The maximum Gasteiger partial charge on any atom is 0.115 e. The third kappa shape index (κ3) is 3.58. The van der Waals surface area contributed by atoms with Gasteiger partial charge in [-0.25, -0.2) is 4.98 Å². The predicted molar refractivity (Wildman–Crippen MR) is 89.2 cm³/mol. The summed E-state index contributed by atoms with van der Waals surface area (Å²) in [5, 5.41) is 11.2. The number of thioether (sulfide) groups is 1. The van der Waals surface area contributed by atoms with Gasteiger partial charge in [0.15, 0.2) is 0 Å². The number of fused-ring (bicyclic) bond motifs is 1. The summed E-state index contributed by atoms with van der Waals surface area (Å²) in [6.07, 6.45) is 0. The van der Waals surface area contributed by atoms with Crippen molar-refractivity contribution in [2.45, 2.75) is 11.9 Å². The molecular formula is C17H19N3OS. The summed E-state index contributed by atoms with van der Waals surface area (Å²) in [6, 6.07) is 10.4. The third-order valence-corrected chi connectivity index (χ3v) is 4.78. The standard InChI is InChI=1S/C17H19N3OS/c1-13-2-3-14-11-15(12-18)17(19-16(14)10-13)22-9-6-20-4-7-21-8-5-20/h2-3,10-11H,4-9H2,1H3. The Morgan fingerprint density at radius 1 is 1.32 bits per heavy atom. The van der Waals surface area contributed by atoms with Crippen LogP contribution in [0.2, 0.25) is 0 Å². The minimum atomic E-state index is 0.670. The summed E-state index contributed by atoms with van der Waals surface area (Å²) >= 11 is 1.67. The molecule has 0 saturated carbocycles. The summed E-state index contributed by atoms with van der Waals surface area (Å²) in [5.74, 6) is 0.943. The van der Waals surface area contributed by atoms with Gasteiger partial charge in [0.25, 0.3) is 0 Å². The van der Waals surface area contributed by atoms with Crippen LogP contribution in [0.25, 0.3) is 10.9 Å². The molecule has 1 saturated heterocycles. The zero-order chi connectivity index (χ0) is 15.4. The van der Waals surface area contributed by atoms with Crippen LogP contribution in [0.4, 0.5) is 0 Å². The molecule has 0 N–H and O–H groups in total. The van der Waals surface area contributed by atoms with E-state index in [1.54, 1.807) is 11.8 Å². The van der Waals surface area contributed by atoms with E-state index >= 15 is 0 Å². The molecule has 114 valence electrons. The van der Waals surface area contributed by atoms with E-state index in [2.05, 4.69) is 35.0 Å². The van der Waals surface area contributed by atoms with E-state index in [1.165, 1.54) is 5.56 Å². The van der Waals surface area contributed by atoms with Crippen molar-refractivity contribution in [3.05, 3.63) is 35.4 Å². The molecule has 2 heterocycles. The number of hydrogen-bond donors (Lipinski definition) is 0. The highest BCUT2D eigenvalue weighted by Gasteiger charge is 2.12. The Morgan fingerprint density at radius 3 is 2.91 bits per heavy atom. The van der Waals surface area contributed by atoms with Crippen molar-refractivity contribution in [1.82, 2.24) is 9.88 Å². The van der Waals surface area contributed by atoms with Crippen molar-refractivity contribution >= 4 is 22.7 Å². The number of aromatic nitrogens is 1. The molecule has 0 aliphatic carbocycles. The SMILES string of the molecule is Cc1ccc2cc(C#N)c(SCCN3CCOCC3)nc2c1. The Hall–Kier alpha value is -1.61. The van der Waals surface area contributed by atoms with Crippen LogP contribution in [0, 0.1) is 18.3 Å². The number of pyridine rings is 1. The molecular weight excluding hydrogens is 294 g/mol. The molecule has 22 heavy (non-hydrogen) atoms. The van der Waals surface area contributed by atoms with Crippen molar-refractivity contribution in [2.24, 2.45) is 0 Å². The predicted octanol–water partition coefficient (Wildman–Crippen LogP) is 2.84. The van der Waals surface area contributed by atoms with E-state index in [-0.39, 0.29) is 0 Å². The molecule has 4 nitrogen and oxygen atoms in total. The smallest absolute Gasteiger partial charge is 0.115 e. The Kier molecular flexibility index (Phi) is 4.94. The Balaban J connectivity index is 1.72. The number of ether oxygens (including phenoxy) is 1. The van der Waals surface area contributed by atoms with E-state index < -0.39 is 0 Å². The van der Waals surface area contributed by atoms with Crippen LogP contribution in [0.3, 0.4) is 0 Å². The normalized spacial score (nSPS) is 15.8. The van der Waals surface area contributed by atoms with Gasteiger partial charge in [-0.2, -0.15) is 5.26 Å². The maximum atomic E-state index is 9.35. The number of aryl methyl sites for hydroxylation is 1. The van der Waals surface area contributed by atoms with Crippen molar-refractivity contribution in [3.8, 4) is 6.07 Å². The average molecular weight is 313 g/mol. The fourth-order valence-corrected chi connectivity index (χ4v) is 3.51. The largest absolute Gasteiger partial charge is 0.379 e. The average Bonchev–Trinajstić information content (AvgIpc) is 2.55. The number of morpholine rings is 1. The molecule has 0 atom stereocenters. The van der Waals surface area contributed by atoms with Crippen molar-refractivity contribution in [3.63, 3.8) is 0 Å². The van der Waals surface area contributed by atoms with Gasteiger partial charge >= 0.3 is 0 Å². The van der Waals surface area contributed by atoms with Crippen LogP contribution in [0.1, 0.15) is 11.1 Å². The fraction of sp³-hybridized carbons (Fsp3) is 0.412. The van der Waals surface area contributed by atoms with E-state index in [0.717, 1.165) is 54.5 Å². The van der Waals surface area contributed by atoms with Gasteiger partial charge in [-0.15, -0.1) is 11.8 Å². The zero-order valence-electron chi connectivity index (χ0n) is 12.7. The van der Waals surface area contributed by atoms with E-state index in [9.17, 15) is 5.26 Å². The summed E-state index contributed by atoms with van der Waals surface area (Å²) in [4.78, 5) is 7.08. The van der Waals surface area contributed by atoms with Gasteiger partial charge in [0, 0.05) is 30.8 Å². The van der Waals surface area contributed by atoms with Gasteiger partial charge in [-0.3, -0.25) is 4.90 Å². The molecule has 1 aromatic carbocycles. The second kappa shape index (κ2) is 7.10. The lowest BCUT2D eigenvalue weighted by molar-refractivity contribution is 0.0410. The van der Waals surface area contributed by atoms with Gasteiger partial charge < -0.3 is 4.74 Å². The maximum absolute atomic E-state index is 9.35. The first kappa shape index (κ1) is 15.3. The van der Waals surface area contributed by atoms with E-state index in [4.69, 9.17) is 4.74 Å². The lowest BCUT2D eigenvalue weighted by atomic mass is 10.1. The second-order valence-electron chi connectivity index (χ2n) is 5.45. The number of rotatable bonds is 4. The van der Waals surface area contributed by atoms with Gasteiger partial charge in [0.2, 0.25) is 0 Å². The number of hydrogen-bond acceptors (Lipinski definition) is 5. The first-order valence-electron chi connectivity index (χ1n) is 7.51. The highest BCUT2D eigenvalue weighted by atomic mass is 32.2. The van der Waals surface area contributed by atoms with Crippen molar-refractivity contribution in [1.29, 1.82) is 5.26 Å². The molecule has 2 aromatic rings. The van der Waals surface area contributed by atoms with Gasteiger partial charge in [-0.1, -0.05) is 12.1 Å². The summed E-state index contributed by atoms with van der Waals surface area (Å²) < 4.78 is 5.36. The van der Waals surface area contributed by atoms with Crippen LogP contribution in [0.15, 0.2) is 29.3 Å². The molecule has 0 amide bonds. The molecule has 1 aliphatic rings. The lowest BCUT2D eigenvalue weighted by Crippen LogP contribution is -2.37. The highest BCUT2D eigenvalue weighted by molar-refractivity contribution is 7.99. The molecule has 1 aliphatic heterocycles. The van der Waals surface area contributed by atoms with Crippen LogP contribution < -0.4 is 0 Å². The van der Waals surface area contributed by atoms with Gasteiger partial charge in [0.1, 0.15) is 11.1 Å². The minimum absolute atomic E-state index is 0.670. The molecule has 0 bridgehead atoms. The number of nitrogens with zero attached hydrogens (tertiary/aromatic N) is 3. The molecule has 1 fully saturated rings. The first-order valence-corrected chi connectivity index (χ1v) is 8.49. The van der Waals surface area contributed by atoms with Gasteiger partial charge in [-0.05, 0) is 24.6 Å². The lowest BCUT2D eigenvalue weighted by Gasteiger charge is -2.26. The minimum Gasteiger partial charge on any atom is -0.379 e. The van der Waals surface area contributed by atoms with E-state index in [0.29, 0.717) is 5.56 Å². The first-order chi connectivity index (χ1) is 10.8.